The van der Waals surface area contributed by atoms with Crippen molar-refractivity contribution >= 4 is 5.69 Å². The van der Waals surface area contributed by atoms with Crippen LogP contribution in [0.2, 0.25) is 0 Å². The first-order valence-corrected chi connectivity index (χ1v) is 9.94. The van der Waals surface area contributed by atoms with Crippen LogP contribution in [0.5, 0.6) is 0 Å². The molecule has 0 fully saturated rings. The third kappa shape index (κ3) is 4.50. The molecule has 0 atom stereocenters. The molecule has 6 nitrogen and oxygen atoms in total. The van der Waals surface area contributed by atoms with Gasteiger partial charge >= 0.3 is 11.9 Å². The maximum Gasteiger partial charge on any atom is 0.416 e. The van der Waals surface area contributed by atoms with Gasteiger partial charge in [-0.25, -0.2) is 9.64 Å². The lowest BCUT2D eigenvalue weighted by Crippen LogP contribution is -2.43. The zero-order valence-corrected chi connectivity index (χ0v) is 16.9. The van der Waals surface area contributed by atoms with Crippen molar-refractivity contribution in [1.29, 1.82) is 0 Å². The van der Waals surface area contributed by atoms with E-state index in [1.54, 1.807) is 12.1 Å². The van der Waals surface area contributed by atoms with Gasteiger partial charge in [-0.2, -0.15) is 13.2 Å². The highest BCUT2D eigenvalue weighted by Crippen LogP contribution is 2.29. The minimum Gasteiger partial charge on any atom is -0.311 e. The van der Waals surface area contributed by atoms with Gasteiger partial charge in [-0.3, -0.25) is 14.3 Å². The Labute approximate surface area is 181 Å². The summed E-state index contributed by atoms with van der Waals surface area (Å²) in [6.45, 7) is 8.56. The van der Waals surface area contributed by atoms with Crippen molar-refractivity contribution < 1.29 is 13.2 Å². The molecular weight excluding hydrogens is 421 g/mol. The van der Waals surface area contributed by atoms with Gasteiger partial charge in [-0.15, -0.1) is 0 Å². The van der Waals surface area contributed by atoms with Crippen LogP contribution in [0.1, 0.15) is 27.9 Å². The maximum absolute atomic E-state index is 13.1. The number of fused-ring (bicyclic) bond motifs is 1. The first-order chi connectivity index (χ1) is 15.2. The highest BCUT2D eigenvalue weighted by molar-refractivity contribution is 5.46. The van der Waals surface area contributed by atoms with E-state index in [1.165, 1.54) is 12.1 Å². The Kier molecular flexibility index (Phi) is 5.72. The number of alkyl halides is 3. The van der Waals surface area contributed by atoms with Crippen LogP contribution in [0.4, 0.5) is 18.9 Å². The Balaban J connectivity index is 1.57. The number of nitrogens with zero attached hydrogens (tertiary/aromatic N) is 3. The molecule has 0 radical (unpaired) electrons. The van der Waals surface area contributed by atoms with Gasteiger partial charge in [0.25, 0.3) is 5.56 Å². The summed E-state index contributed by atoms with van der Waals surface area (Å²) in [6, 6.07) is 11.7. The topological polar surface area (TPSA) is 62.5 Å². The van der Waals surface area contributed by atoms with Gasteiger partial charge in [-0.1, -0.05) is 36.4 Å². The van der Waals surface area contributed by atoms with E-state index in [0.717, 1.165) is 22.3 Å². The lowest BCUT2D eigenvalue weighted by molar-refractivity contribution is -0.137. The molecular formula is C23H19F3N4O2. The van der Waals surface area contributed by atoms with Gasteiger partial charge in [0.2, 0.25) is 0 Å². The molecule has 0 spiro atoms. The summed E-state index contributed by atoms with van der Waals surface area (Å²) in [6.07, 6.45) is -3.94. The zero-order chi connectivity index (χ0) is 22.9. The van der Waals surface area contributed by atoms with Gasteiger partial charge in [0.1, 0.15) is 0 Å². The molecule has 1 aliphatic heterocycles. The zero-order valence-electron chi connectivity index (χ0n) is 16.9. The standard InChI is InChI=1S/C23H19F3N4O2/c1-27-18-4-2-3-16(11-18)12-29-10-9-20-19(14-29)21(31)30(22(32)28-20)13-15-5-7-17(8-6-15)23(24,25)26/h2-8,11H,9-10,12-14H2,(H,28,32). The molecule has 2 aromatic carbocycles. The fourth-order valence-electron chi connectivity index (χ4n) is 3.85. The second-order valence-corrected chi connectivity index (χ2v) is 7.72. The van der Waals surface area contributed by atoms with E-state index in [1.807, 2.05) is 12.1 Å². The maximum atomic E-state index is 13.1. The number of nitrogens with one attached hydrogen (secondary N) is 1. The SMILES string of the molecule is [C-]#[N+]c1cccc(CN2CCc3[nH]c(=O)n(Cc4ccc(C(F)(F)F)cc4)c(=O)c3C2)c1. The monoisotopic (exact) mass is 440 g/mol. The number of aromatic nitrogens is 2. The highest BCUT2D eigenvalue weighted by Gasteiger charge is 2.30. The van der Waals surface area contributed by atoms with E-state index in [0.29, 0.717) is 48.6 Å². The minimum atomic E-state index is -4.45. The molecule has 0 saturated carbocycles. The van der Waals surface area contributed by atoms with E-state index in [2.05, 4.69) is 14.7 Å². The number of halogens is 3. The second kappa shape index (κ2) is 8.48. The van der Waals surface area contributed by atoms with Gasteiger partial charge in [0.05, 0.1) is 24.2 Å². The quantitative estimate of drug-likeness (QED) is 0.630. The van der Waals surface area contributed by atoms with E-state index >= 15 is 0 Å². The average molecular weight is 440 g/mol. The van der Waals surface area contributed by atoms with Gasteiger partial charge in [0.15, 0.2) is 5.69 Å². The summed E-state index contributed by atoms with van der Waals surface area (Å²) >= 11 is 0. The van der Waals surface area contributed by atoms with Crippen molar-refractivity contribution in [2.75, 3.05) is 6.54 Å². The van der Waals surface area contributed by atoms with Crippen LogP contribution in [-0.4, -0.2) is 21.0 Å². The summed E-state index contributed by atoms with van der Waals surface area (Å²) in [5.41, 5.74) is 1.19. The van der Waals surface area contributed by atoms with Crippen molar-refractivity contribution in [3.63, 3.8) is 0 Å². The molecule has 4 rings (SSSR count). The predicted molar refractivity (Wildman–Crippen MR) is 112 cm³/mol. The van der Waals surface area contributed by atoms with Crippen LogP contribution in [0.15, 0.2) is 58.1 Å². The first-order valence-electron chi connectivity index (χ1n) is 9.94. The number of hydrogen-bond donors (Lipinski definition) is 1. The molecule has 32 heavy (non-hydrogen) atoms. The van der Waals surface area contributed by atoms with Crippen LogP contribution >= 0.6 is 0 Å². The number of H-pyrrole nitrogens is 1. The summed E-state index contributed by atoms with van der Waals surface area (Å²) < 4.78 is 39.3. The minimum absolute atomic E-state index is 0.118. The molecule has 0 amide bonds. The largest absolute Gasteiger partial charge is 0.416 e. The van der Waals surface area contributed by atoms with Gasteiger partial charge in [-0.05, 0) is 23.3 Å². The number of aromatic amines is 1. The second-order valence-electron chi connectivity index (χ2n) is 7.72. The smallest absolute Gasteiger partial charge is 0.311 e. The van der Waals surface area contributed by atoms with Crippen LogP contribution in [0.3, 0.4) is 0 Å². The Morgan fingerprint density at radius 2 is 1.78 bits per heavy atom. The number of hydrogen-bond acceptors (Lipinski definition) is 3. The number of rotatable bonds is 4. The summed E-state index contributed by atoms with van der Waals surface area (Å²) in [7, 11) is 0. The molecule has 0 unspecified atom stereocenters. The van der Waals surface area contributed by atoms with Gasteiger partial charge in [0, 0.05) is 31.7 Å². The molecule has 1 N–H and O–H groups in total. The van der Waals surface area contributed by atoms with Crippen LogP contribution in [0, 0.1) is 6.57 Å². The number of benzene rings is 2. The Morgan fingerprint density at radius 1 is 1.03 bits per heavy atom. The Morgan fingerprint density at radius 3 is 2.47 bits per heavy atom. The fraction of sp³-hybridized carbons (Fsp3) is 0.261. The molecule has 164 valence electrons. The van der Waals surface area contributed by atoms with Crippen LogP contribution < -0.4 is 11.2 Å². The Hall–Kier alpha value is -3.64. The van der Waals surface area contributed by atoms with E-state index in [9.17, 15) is 22.8 Å². The lowest BCUT2D eigenvalue weighted by Gasteiger charge is -2.28. The molecule has 0 aliphatic carbocycles. The Bertz CT molecular complexity index is 1300. The normalized spacial score (nSPS) is 14.1. The first kappa shape index (κ1) is 21.6. The van der Waals surface area contributed by atoms with Crippen molar-refractivity contribution in [3.05, 3.63) is 109 Å². The van der Waals surface area contributed by atoms with Crippen molar-refractivity contribution in [1.82, 2.24) is 14.5 Å². The van der Waals surface area contributed by atoms with E-state index in [-0.39, 0.29) is 6.54 Å². The molecule has 3 aromatic rings. The molecule has 2 heterocycles. The highest BCUT2D eigenvalue weighted by atomic mass is 19.4. The summed E-state index contributed by atoms with van der Waals surface area (Å²) in [4.78, 5) is 33.8. The lowest BCUT2D eigenvalue weighted by atomic mass is 10.1. The van der Waals surface area contributed by atoms with E-state index in [4.69, 9.17) is 6.57 Å². The molecule has 1 aromatic heterocycles. The molecule has 0 bridgehead atoms. The predicted octanol–water partition coefficient (Wildman–Crippen LogP) is 3.71. The van der Waals surface area contributed by atoms with Crippen molar-refractivity contribution in [3.8, 4) is 0 Å². The molecule has 9 heteroatoms. The average Bonchev–Trinajstić information content (AvgIpc) is 2.77. The van der Waals surface area contributed by atoms with Gasteiger partial charge < -0.3 is 4.98 Å². The summed E-state index contributed by atoms with van der Waals surface area (Å²) in [5, 5.41) is 0. The fourth-order valence-corrected chi connectivity index (χ4v) is 3.85. The van der Waals surface area contributed by atoms with E-state index < -0.39 is 23.0 Å². The van der Waals surface area contributed by atoms with Crippen LogP contribution in [0.25, 0.3) is 4.85 Å². The third-order valence-electron chi connectivity index (χ3n) is 5.50. The van der Waals surface area contributed by atoms with Crippen LogP contribution in [-0.2, 0) is 32.2 Å². The summed E-state index contributed by atoms with van der Waals surface area (Å²) in [5.74, 6) is 0. The molecule has 0 saturated heterocycles. The third-order valence-corrected chi connectivity index (χ3v) is 5.50. The van der Waals surface area contributed by atoms with Crippen molar-refractivity contribution in [2.45, 2.75) is 32.2 Å². The van der Waals surface area contributed by atoms with Crippen molar-refractivity contribution in [2.24, 2.45) is 0 Å². The molecule has 1 aliphatic rings.